The van der Waals surface area contributed by atoms with Gasteiger partial charge in [0.05, 0.1) is 13.2 Å². The van der Waals surface area contributed by atoms with Crippen molar-refractivity contribution in [2.75, 3.05) is 33.4 Å². The molecule has 2 N–H and O–H groups in total. The molecule has 1 aliphatic heterocycles. The van der Waals surface area contributed by atoms with E-state index in [1.54, 1.807) is 0 Å². The lowest BCUT2D eigenvalue weighted by molar-refractivity contribution is 0.157. The van der Waals surface area contributed by atoms with Crippen LogP contribution in [0.25, 0.3) is 0 Å². The molecule has 2 rings (SSSR count). The first-order valence-electron chi connectivity index (χ1n) is 5.77. The normalized spacial score (nSPS) is 33.6. The van der Waals surface area contributed by atoms with E-state index in [1.165, 1.54) is 25.8 Å². The summed E-state index contributed by atoms with van der Waals surface area (Å²) in [5.41, 5.74) is 5.95. The molecule has 2 aliphatic rings. The molecule has 0 aromatic rings. The molecule has 0 aromatic heterocycles. The maximum absolute atomic E-state index is 5.95. The van der Waals surface area contributed by atoms with Crippen molar-refractivity contribution in [2.24, 2.45) is 17.6 Å². The van der Waals surface area contributed by atoms with Crippen LogP contribution < -0.4 is 5.73 Å². The van der Waals surface area contributed by atoms with E-state index in [0.29, 0.717) is 5.92 Å². The number of ether oxygens (including phenoxy) is 1. The van der Waals surface area contributed by atoms with Gasteiger partial charge in [0.1, 0.15) is 0 Å². The fourth-order valence-electron chi connectivity index (χ4n) is 2.39. The Kier molecular flexibility index (Phi) is 3.42. The molecule has 0 radical (unpaired) electrons. The third-order valence-corrected chi connectivity index (χ3v) is 3.59. The van der Waals surface area contributed by atoms with Gasteiger partial charge in [-0.05, 0) is 25.8 Å². The summed E-state index contributed by atoms with van der Waals surface area (Å²) in [6.45, 7) is 3.97. The molecular formula is C11H22N2O. The highest BCUT2D eigenvalue weighted by atomic mass is 16.5. The van der Waals surface area contributed by atoms with Crippen LogP contribution in [0.15, 0.2) is 0 Å². The lowest BCUT2D eigenvalue weighted by Crippen LogP contribution is -2.39. The van der Waals surface area contributed by atoms with Crippen molar-refractivity contribution in [2.45, 2.75) is 25.3 Å². The van der Waals surface area contributed by atoms with Crippen molar-refractivity contribution < 1.29 is 4.74 Å². The van der Waals surface area contributed by atoms with Crippen molar-refractivity contribution in [1.82, 2.24) is 4.90 Å². The molecule has 1 aliphatic carbocycles. The van der Waals surface area contributed by atoms with E-state index in [0.717, 1.165) is 25.7 Å². The Balaban J connectivity index is 1.67. The van der Waals surface area contributed by atoms with Crippen LogP contribution in [0.4, 0.5) is 0 Å². The fourth-order valence-corrected chi connectivity index (χ4v) is 2.39. The van der Waals surface area contributed by atoms with Gasteiger partial charge in [-0.25, -0.2) is 0 Å². The van der Waals surface area contributed by atoms with Crippen LogP contribution in [0.1, 0.15) is 19.3 Å². The molecule has 3 heteroatoms. The third-order valence-electron chi connectivity index (χ3n) is 3.59. The standard InChI is InChI=1S/C11H22N2O/c1-13(5-9-3-2-4-9)6-10-7-14-8-11(10)12/h9-11H,2-8,12H2,1H3. The minimum Gasteiger partial charge on any atom is -0.379 e. The Labute approximate surface area is 86.6 Å². The number of hydrogen-bond acceptors (Lipinski definition) is 3. The van der Waals surface area contributed by atoms with Gasteiger partial charge < -0.3 is 15.4 Å². The number of rotatable bonds is 4. The number of nitrogens with zero attached hydrogens (tertiary/aromatic N) is 1. The topological polar surface area (TPSA) is 38.5 Å². The van der Waals surface area contributed by atoms with Gasteiger partial charge in [-0.1, -0.05) is 6.42 Å². The van der Waals surface area contributed by atoms with Crippen molar-refractivity contribution in [3.05, 3.63) is 0 Å². The summed E-state index contributed by atoms with van der Waals surface area (Å²) in [7, 11) is 2.21. The molecule has 82 valence electrons. The van der Waals surface area contributed by atoms with E-state index < -0.39 is 0 Å². The van der Waals surface area contributed by atoms with Crippen molar-refractivity contribution in [1.29, 1.82) is 0 Å². The Bertz CT molecular complexity index is 182. The van der Waals surface area contributed by atoms with Crippen molar-refractivity contribution >= 4 is 0 Å². The highest BCUT2D eigenvalue weighted by Gasteiger charge is 2.27. The zero-order chi connectivity index (χ0) is 9.97. The minimum absolute atomic E-state index is 0.263. The average molecular weight is 198 g/mol. The first-order valence-corrected chi connectivity index (χ1v) is 5.77. The predicted molar refractivity (Wildman–Crippen MR) is 57.1 cm³/mol. The smallest absolute Gasteiger partial charge is 0.0621 e. The lowest BCUT2D eigenvalue weighted by atomic mass is 9.85. The first-order chi connectivity index (χ1) is 6.75. The molecule has 14 heavy (non-hydrogen) atoms. The Morgan fingerprint density at radius 2 is 2.07 bits per heavy atom. The molecule has 1 heterocycles. The summed E-state index contributed by atoms with van der Waals surface area (Å²) in [5.74, 6) is 1.51. The van der Waals surface area contributed by atoms with Crippen molar-refractivity contribution in [3.8, 4) is 0 Å². The summed E-state index contributed by atoms with van der Waals surface area (Å²) in [6.07, 6.45) is 4.29. The average Bonchev–Trinajstić information content (AvgIpc) is 2.45. The van der Waals surface area contributed by atoms with Gasteiger partial charge in [-0.2, -0.15) is 0 Å². The summed E-state index contributed by atoms with van der Waals surface area (Å²) in [6, 6.07) is 0.263. The zero-order valence-corrected chi connectivity index (χ0v) is 9.11. The highest BCUT2D eigenvalue weighted by molar-refractivity contribution is 4.81. The molecule has 0 spiro atoms. The molecule has 1 saturated heterocycles. The molecule has 1 saturated carbocycles. The SMILES string of the molecule is CN(CC1CCC1)CC1COCC1N. The molecule has 2 atom stereocenters. The summed E-state index contributed by atoms with van der Waals surface area (Å²) >= 11 is 0. The van der Waals surface area contributed by atoms with Crippen LogP contribution in [0.3, 0.4) is 0 Å². The molecule has 0 bridgehead atoms. The van der Waals surface area contributed by atoms with Crippen LogP contribution >= 0.6 is 0 Å². The second-order valence-corrected chi connectivity index (χ2v) is 4.98. The van der Waals surface area contributed by atoms with Gasteiger partial charge in [0.25, 0.3) is 0 Å². The van der Waals surface area contributed by atoms with Gasteiger partial charge in [0.2, 0.25) is 0 Å². The molecule has 0 amide bonds. The van der Waals surface area contributed by atoms with Crippen LogP contribution in [0.2, 0.25) is 0 Å². The second-order valence-electron chi connectivity index (χ2n) is 4.98. The van der Waals surface area contributed by atoms with Gasteiger partial charge in [0, 0.05) is 25.0 Å². The van der Waals surface area contributed by atoms with E-state index in [9.17, 15) is 0 Å². The summed E-state index contributed by atoms with van der Waals surface area (Å²) in [5, 5.41) is 0. The van der Waals surface area contributed by atoms with E-state index >= 15 is 0 Å². The highest BCUT2D eigenvalue weighted by Crippen LogP contribution is 2.27. The van der Waals surface area contributed by atoms with Gasteiger partial charge in [-0.3, -0.25) is 0 Å². The maximum Gasteiger partial charge on any atom is 0.0621 e. The Morgan fingerprint density at radius 1 is 1.29 bits per heavy atom. The molecular weight excluding hydrogens is 176 g/mol. The van der Waals surface area contributed by atoms with Crippen molar-refractivity contribution in [3.63, 3.8) is 0 Å². The number of nitrogens with two attached hydrogens (primary N) is 1. The van der Waals surface area contributed by atoms with Crippen LogP contribution in [-0.2, 0) is 4.74 Å². The molecule has 3 nitrogen and oxygen atoms in total. The quantitative estimate of drug-likeness (QED) is 0.722. The fraction of sp³-hybridized carbons (Fsp3) is 1.00. The van der Waals surface area contributed by atoms with Crippen LogP contribution in [0, 0.1) is 11.8 Å². The second kappa shape index (κ2) is 4.60. The van der Waals surface area contributed by atoms with Crippen LogP contribution in [0.5, 0.6) is 0 Å². The Morgan fingerprint density at radius 3 is 2.57 bits per heavy atom. The maximum atomic E-state index is 5.95. The molecule has 2 unspecified atom stereocenters. The van der Waals surface area contributed by atoms with E-state index in [2.05, 4.69) is 11.9 Å². The van der Waals surface area contributed by atoms with E-state index in [-0.39, 0.29) is 6.04 Å². The Hall–Kier alpha value is -0.120. The first kappa shape index (κ1) is 10.4. The number of hydrogen-bond donors (Lipinski definition) is 1. The van der Waals surface area contributed by atoms with E-state index in [1.807, 2.05) is 0 Å². The van der Waals surface area contributed by atoms with E-state index in [4.69, 9.17) is 10.5 Å². The molecule has 2 fully saturated rings. The zero-order valence-electron chi connectivity index (χ0n) is 9.11. The van der Waals surface area contributed by atoms with Gasteiger partial charge in [0.15, 0.2) is 0 Å². The van der Waals surface area contributed by atoms with Gasteiger partial charge >= 0.3 is 0 Å². The van der Waals surface area contributed by atoms with Gasteiger partial charge in [-0.15, -0.1) is 0 Å². The minimum atomic E-state index is 0.263. The summed E-state index contributed by atoms with van der Waals surface area (Å²) < 4.78 is 5.36. The summed E-state index contributed by atoms with van der Waals surface area (Å²) in [4.78, 5) is 2.43. The van der Waals surface area contributed by atoms with Crippen LogP contribution in [-0.4, -0.2) is 44.3 Å². The molecule has 0 aromatic carbocycles. The monoisotopic (exact) mass is 198 g/mol. The largest absolute Gasteiger partial charge is 0.379 e. The lowest BCUT2D eigenvalue weighted by Gasteiger charge is -2.31. The predicted octanol–water partition coefficient (Wildman–Crippen LogP) is 0.692. The third kappa shape index (κ3) is 2.47.